The SMILES string of the molecule is CCC(Br)CCCCCCCC(=O)O. The molecule has 0 saturated carbocycles. The van der Waals surface area contributed by atoms with Gasteiger partial charge in [0.1, 0.15) is 0 Å². The Balaban J connectivity index is 3.02. The summed E-state index contributed by atoms with van der Waals surface area (Å²) >= 11 is 3.60. The molecule has 3 heteroatoms. The molecule has 0 aromatic heterocycles. The number of carbonyl (C=O) groups is 1. The Bertz CT molecular complexity index is 148. The van der Waals surface area contributed by atoms with Gasteiger partial charge in [0, 0.05) is 11.2 Å². The lowest BCUT2D eigenvalue weighted by Crippen LogP contribution is -1.95. The summed E-state index contributed by atoms with van der Waals surface area (Å²) < 4.78 is 0. The molecule has 0 aromatic carbocycles. The summed E-state index contributed by atoms with van der Waals surface area (Å²) in [5.41, 5.74) is 0. The zero-order valence-corrected chi connectivity index (χ0v) is 10.6. The first-order valence-corrected chi connectivity index (χ1v) is 6.44. The van der Waals surface area contributed by atoms with Crippen LogP contribution in [0.1, 0.15) is 58.3 Å². The number of aliphatic carboxylic acids is 1. The van der Waals surface area contributed by atoms with E-state index in [4.69, 9.17) is 5.11 Å². The van der Waals surface area contributed by atoms with Gasteiger partial charge in [-0.15, -0.1) is 0 Å². The molecular weight excluding hydrogens is 244 g/mol. The van der Waals surface area contributed by atoms with Crippen LogP contribution in [0.4, 0.5) is 0 Å². The van der Waals surface area contributed by atoms with Crippen LogP contribution in [0.3, 0.4) is 0 Å². The van der Waals surface area contributed by atoms with E-state index in [9.17, 15) is 4.79 Å². The van der Waals surface area contributed by atoms with Crippen LogP contribution in [0, 0.1) is 0 Å². The third kappa shape index (κ3) is 10.0. The number of alkyl halides is 1. The van der Waals surface area contributed by atoms with E-state index in [0.717, 1.165) is 12.8 Å². The van der Waals surface area contributed by atoms with Crippen molar-refractivity contribution in [3.8, 4) is 0 Å². The largest absolute Gasteiger partial charge is 0.481 e. The van der Waals surface area contributed by atoms with Gasteiger partial charge in [-0.2, -0.15) is 0 Å². The van der Waals surface area contributed by atoms with Crippen LogP contribution >= 0.6 is 15.9 Å². The maximum Gasteiger partial charge on any atom is 0.303 e. The maximum atomic E-state index is 10.2. The molecule has 84 valence electrons. The fraction of sp³-hybridized carbons (Fsp3) is 0.909. The summed E-state index contributed by atoms with van der Waals surface area (Å²) in [6, 6.07) is 0. The molecule has 0 aliphatic rings. The predicted octanol–water partition coefficient (Wildman–Crippen LogP) is 3.98. The highest BCUT2D eigenvalue weighted by molar-refractivity contribution is 9.09. The van der Waals surface area contributed by atoms with Crippen molar-refractivity contribution in [2.45, 2.75) is 63.1 Å². The fourth-order valence-corrected chi connectivity index (χ4v) is 1.70. The Morgan fingerprint density at radius 2 is 1.79 bits per heavy atom. The van der Waals surface area contributed by atoms with Crippen molar-refractivity contribution >= 4 is 21.9 Å². The van der Waals surface area contributed by atoms with E-state index in [2.05, 4.69) is 22.9 Å². The monoisotopic (exact) mass is 264 g/mol. The molecule has 0 spiro atoms. The Morgan fingerprint density at radius 1 is 1.21 bits per heavy atom. The summed E-state index contributed by atoms with van der Waals surface area (Å²) in [6.07, 6.45) is 8.34. The first-order chi connectivity index (χ1) is 6.66. The highest BCUT2D eigenvalue weighted by Crippen LogP contribution is 2.15. The molecule has 0 amide bonds. The molecule has 0 aromatic rings. The lowest BCUT2D eigenvalue weighted by molar-refractivity contribution is -0.137. The molecule has 0 rings (SSSR count). The fourth-order valence-electron chi connectivity index (χ4n) is 1.38. The van der Waals surface area contributed by atoms with Crippen LogP contribution in [-0.4, -0.2) is 15.9 Å². The molecule has 0 aliphatic carbocycles. The number of halogens is 1. The minimum Gasteiger partial charge on any atom is -0.481 e. The van der Waals surface area contributed by atoms with Crippen LogP contribution < -0.4 is 0 Å². The van der Waals surface area contributed by atoms with Gasteiger partial charge in [0.05, 0.1) is 0 Å². The molecule has 14 heavy (non-hydrogen) atoms. The summed E-state index contributed by atoms with van der Waals surface area (Å²) in [5, 5.41) is 8.41. The van der Waals surface area contributed by atoms with Crippen LogP contribution in [0.5, 0.6) is 0 Å². The molecule has 0 aliphatic heterocycles. The van der Waals surface area contributed by atoms with Gasteiger partial charge in [0.25, 0.3) is 0 Å². The molecule has 2 nitrogen and oxygen atoms in total. The molecular formula is C11H21BrO2. The third-order valence-electron chi connectivity index (χ3n) is 2.35. The van der Waals surface area contributed by atoms with E-state index < -0.39 is 5.97 Å². The van der Waals surface area contributed by atoms with E-state index in [1.165, 1.54) is 32.1 Å². The molecule has 1 unspecified atom stereocenters. The Morgan fingerprint density at radius 3 is 2.36 bits per heavy atom. The minimum atomic E-state index is -0.670. The van der Waals surface area contributed by atoms with E-state index in [1.807, 2.05) is 0 Å². The minimum absolute atomic E-state index is 0.329. The number of hydrogen-bond donors (Lipinski definition) is 1. The second-order valence-electron chi connectivity index (χ2n) is 3.71. The highest BCUT2D eigenvalue weighted by atomic mass is 79.9. The van der Waals surface area contributed by atoms with Crippen molar-refractivity contribution in [3.63, 3.8) is 0 Å². The number of hydrogen-bond acceptors (Lipinski definition) is 1. The van der Waals surface area contributed by atoms with Crippen molar-refractivity contribution in [1.29, 1.82) is 0 Å². The van der Waals surface area contributed by atoms with Crippen LogP contribution in [-0.2, 0) is 4.79 Å². The normalized spacial score (nSPS) is 12.7. The lowest BCUT2D eigenvalue weighted by atomic mass is 10.1. The van der Waals surface area contributed by atoms with Crippen molar-refractivity contribution in [1.82, 2.24) is 0 Å². The van der Waals surface area contributed by atoms with Gasteiger partial charge in [-0.3, -0.25) is 4.79 Å². The Labute approximate surface area is 95.2 Å². The van der Waals surface area contributed by atoms with Gasteiger partial charge in [0.15, 0.2) is 0 Å². The highest BCUT2D eigenvalue weighted by Gasteiger charge is 2.00. The Kier molecular flexibility index (Phi) is 9.47. The summed E-state index contributed by atoms with van der Waals surface area (Å²) in [5.74, 6) is -0.670. The van der Waals surface area contributed by atoms with Gasteiger partial charge in [-0.05, 0) is 19.3 Å². The van der Waals surface area contributed by atoms with Crippen molar-refractivity contribution in [2.75, 3.05) is 0 Å². The van der Waals surface area contributed by atoms with Gasteiger partial charge in [-0.1, -0.05) is 48.5 Å². The molecule has 1 N–H and O–H groups in total. The van der Waals surface area contributed by atoms with Gasteiger partial charge < -0.3 is 5.11 Å². The van der Waals surface area contributed by atoms with E-state index in [-0.39, 0.29) is 0 Å². The third-order valence-corrected chi connectivity index (χ3v) is 3.46. The average Bonchev–Trinajstić information content (AvgIpc) is 2.15. The van der Waals surface area contributed by atoms with Crippen molar-refractivity contribution in [3.05, 3.63) is 0 Å². The number of rotatable bonds is 9. The van der Waals surface area contributed by atoms with Crippen LogP contribution in [0.25, 0.3) is 0 Å². The van der Waals surface area contributed by atoms with E-state index in [0.29, 0.717) is 11.2 Å². The molecule has 1 atom stereocenters. The predicted molar refractivity (Wildman–Crippen MR) is 63.0 cm³/mol. The van der Waals surface area contributed by atoms with E-state index >= 15 is 0 Å². The summed E-state index contributed by atoms with van der Waals surface area (Å²) in [4.78, 5) is 10.9. The Hall–Kier alpha value is -0.0500. The molecule has 0 bridgehead atoms. The zero-order valence-electron chi connectivity index (χ0n) is 8.97. The standard InChI is InChI=1S/C11H21BrO2/c1-2-10(12)8-6-4-3-5-7-9-11(13)14/h10H,2-9H2,1H3,(H,13,14). The number of carboxylic acid groups (broad SMARTS) is 1. The lowest BCUT2D eigenvalue weighted by Gasteiger charge is -2.05. The van der Waals surface area contributed by atoms with Crippen LogP contribution in [0.15, 0.2) is 0 Å². The quantitative estimate of drug-likeness (QED) is 0.506. The smallest absolute Gasteiger partial charge is 0.303 e. The van der Waals surface area contributed by atoms with Gasteiger partial charge >= 0.3 is 5.97 Å². The summed E-state index contributed by atoms with van der Waals surface area (Å²) in [7, 11) is 0. The zero-order chi connectivity index (χ0) is 10.8. The molecule has 0 fully saturated rings. The van der Waals surface area contributed by atoms with Crippen molar-refractivity contribution < 1.29 is 9.90 Å². The topological polar surface area (TPSA) is 37.3 Å². The molecule has 0 radical (unpaired) electrons. The van der Waals surface area contributed by atoms with Crippen LogP contribution in [0.2, 0.25) is 0 Å². The maximum absolute atomic E-state index is 10.2. The second kappa shape index (κ2) is 9.50. The van der Waals surface area contributed by atoms with Crippen molar-refractivity contribution in [2.24, 2.45) is 0 Å². The number of carboxylic acids is 1. The molecule has 0 heterocycles. The van der Waals surface area contributed by atoms with Gasteiger partial charge in [0.2, 0.25) is 0 Å². The average molecular weight is 265 g/mol. The van der Waals surface area contributed by atoms with Gasteiger partial charge in [-0.25, -0.2) is 0 Å². The second-order valence-corrected chi connectivity index (χ2v) is 5.00. The summed E-state index contributed by atoms with van der Waals surface area (Å²) in [6.45, 7) is 2.19. The number of unbranched alkanes of at least 4 members (excludes halogenated alkanes) is 4. The first kappa shape index (κ1) is 13.9. The molecule has 0 saturated heterocycles. The van der Waals surface area contributed by atoms with E-state index in [1.54, 1.807) is 0 Å². The first-order valence-electron chi connectivity index (χ1n) is 5.52.